The standard InChI is InChI=1S/C21H24FN3O2/c1-15-7-6-9-17(20(26)25-13-4-5-14-25)19(15)24-21(27)23-12-11-16-8-2-3-10-18(16)22/h2-3,6-10H,4-5,11-14H2,1H3,(H2,23,24,27). The zero-order valence-electron chi connectivity index (χ0n) is 15.4. The third kappa shape index (κ3) is 4.64. The molecule has 2 aromatic carbocycles. The number of carbonyl (C=O) groups is 2. The molecule has 2 aromatic rings. The van der Waals surface area contributed by atoms with E-state index in [0.717, 1.165) is 31.5 Å². The molecule has 0 aromatic heterocycles. The van der Waals surface area contributed by atoms with Gasteiger partial charge in [0.1, 0.15) is 5.82 Å². The number of benzene rings is 2. The maximum Gasteiger partial charge on any atom is 0.319 e. The first-order chi connectivity index (χ1) is 13.1. The molecule has 0 saturated carbocycles. The Morgan fingerprint density at radius 2 is 1.81 bits per heavy atom. The number of halogens is 1. The van der Waals surface area contributed by atoms with E-state index in [1.807, 2.05) is 24.0 Å². The Bertz CT molecular complexity index is 832. The molecule has 5 nitrogen and oxygen atoms in total. The number of para-hydroxylation sites is 1. The number of carbonyl (C=O) groups excluding carboxylic acids is 2. The van der Waals surface area contributed by atoms with Crippen molar-refractivity contribution < 1.29 is 14.0 Å². The zero-order chi connectivity index (χ0) is 19.2. The average molecular weight is 369 g/mol. The monoisotopic (exact) mass is 369 g/mol. The minimum Gasteiger partial charge on any atom is -0.339 e. The summed E-state index contributed by atoms with van der Waals surface area (Å²) in [5.41, 5.74) is 2.40. The molecular formula is C21H24FN3O2. The van der Waals surface area contributed by atoms with E-state index in [9.17, 15) is 14.0 Å². The predicted molar refractivity (Wildman–Crippen MR) is 103 cm³/mol. The number of nitrogens with zero attached hydrogens (tertiary/aromatic N) is 1. The second kappa shape index (κ2) is 8.66. The Kier molecular flexibility index (Phi) is 6.06. The summed E-state index contributed by atoms with van der Waals surface area (Å²) in [6.07, 6.45) is 2.42. The molecule has 2 N–H and O–H groups in total. The summed E-state index contributed by atoms with van der Waals surface area (Å²) in [5, 5.41) is 5.52. The molecule has 1 aliphatic heterocycles. The van der Waals surface area contributed by atoms with Crippen LogP contribution in [0, 0.1) is 12.7 Å². The van der Waals surface area contributed by atoms with Crippen LogP contribution in [0.4, 0.5) is 14.9 Å². The van der Waals surface area contributed by atoms with E-state index in [1.54, 1.807) is 24.3 Å². The van der Waals surface area contributed by atoms with Gasteiger partial charge in [-0.2, -0.15) is 0 Å². The molecule has 1 heterocycles. The Labute approximate surface area is 158 Å². The fourth-order valence-electron chi connectivity index (χ4n) is 3.27. The Morgan fingerprint density at radius 1 is 1.07 bits per heavy atom. The van der Waals surface area contributed by atoms with Gasteiger partial charge in [0.2, 0.25) is 0 Å². The molecule has 0 aliphatic carbocycles. The SMILES string of the molecule is Cc1cccc(C(=O)N2CCCC2)c1NC(=O)NCCc1ccccc1F. The van der Waals surface area contributed by atoms with Crippen LogP contribution < -0.4 is 10.6 Å². The van der Waals surface area contributed by atoms with Crippen molar-refractivity contribution in [1.82, 2.24) is 10.2 Å². The van der Waals surface area contributed by atoms with Crippen LogP contribution in [0.2, 0.25) is 0 Å². The molecule has 3 amide bonds. The highest BCUT2D eigenvalue weighted by molar-refractivity contribution is 6.04. The van der Waals surface area contributed by atoms with E-state index in [1.165, 1.54) is 6.07 Å². The molecule has 1 saturated heterocycles. The van der Waals surface area contributed by atoms with Crippen molar-refractivity contribution in [2.45, 2.75) is 26.2 Å². The lowest BCUT2D eigenvalue weighted by Gasteiger charge is -2.19. The normalized spacial score (nSPS) is 13.5. The second-order valence-electron chi connectivity index (χ2n) is 6.72. The van der Waals surface area contributed by atoms with Crippen molar-refractivity contribution in [1.29, 1.82) is 0 Å². The first-order valence-electron chi connectivity index (χ1n) is 9.23. The summed E-state index contributed by atoms with van der Waals surface area (Å²) >= 11 is 0. The van der Waals surface area contributed by atoms with Crippen molar-refractivity contribution in [3.63, 3.8) is 0 Å². The maximum absolute atomic E-state index is 13.6. The highest BCUT2D eigenvalue weighted by Gasteiger charge is 2.23. The highest BCUT2D eigenvalue weighted by Crippen LogP contribution is 2.23. The van der Waals surface area contributed by atoms with E-state index in [2.05, 4.69) is 10.6 Å². The summed E-state index contributed by atoms with van der Waals surface area (Å²) in [6, 6.07) is 11.5. The zero-order valence-corrected chi connectivity index (χ0v) is 15.4. The van der Waals surface area contributed by atoms with Crippen molar-refractivity contribution in [3.8, 4) is 0 Å². The minimum absolute atomic E-state index is 0.0575. The lowest BCUT2D eigenvalue weighted by molar-refractivity contribution is 0.0794. The third-order valence-electron chi connectivity index (χ3n) is 4.77. The first-order valence-corrected chi connectivity index (χ1v) is 9.23. The van der Waals surface area contributed by atoms with Gasteiger partial charge in [-0.1, -0.05) is 30.3 Å². The fourth-order valence-corrected chi connectivity index (χ4v) is 3.27. The largest absolute Gasteiger partial charge is 0.339 e. The van der Waals surface area contributed by atoms with Gasteiger partial charge in [0.25, 0.3) is 5.91 Å². The van der Waals surface area contributed by atoms with Crippen LogP contribution in [0.15, 0.2) is 42.5 Å². The van der Waals surface area contributed by atoms with Crippen LogP contribution in [0.3, 0.4) is 0 Å². The molecule has 142 valence electrons. The van der Waals surface area contributed by atoms with Crippen LogP contribution in [0.1, 0.15) is 34.3 Å². The van der Waals surface area contributed by atoms with Crippen LogP contribution in [-0.2, 0) is 6.42 Å². The molecule has 6 heteroatoms. The molecule has 0 bridgehead atoms. The third-order valence-corrected chi connectivity index (χ3v) is 4.77. The average Bonchev–Trinajstić information content (AvgIpc) is 3.19. The van der Waals surface area contributed by atoms with E-state index in [4.69, 9.17) is 0 Å². The van der Waals surface area contributed by atoms with Gasteiger partial charge in [0.15, 0.2) is 0 Å². The van der Waals surface area contributed by atoms with Crippen LogP contribution in [0.5, 0.6) is 0 Å². The number of likely N-dealkylation sites (tertiary alicyclic amines) is 1. The summed E-state index contributed by atoms with van der Waals surface area (Å²) < 4.78 is 13.6. The Hall–Kier alpha value is -2.89. The number of rotatable bonds is 5. The van der Waals surface area contributed by atoms with Crippen molar-refractivity contribution in [3.05, 3.63) is 65.0 Å². The summed E-state index contributed by atoms with van der Waals surface area (Å²) in [6.45, 7) is 3.66. The second-order valence-corrected chi connectivity index (χ2v) is 6.72. The van der Waals surface area contributed by atoms with E-state index in [0.29, 0.717) is 29.8 Å². The van der Waals surface area contributed by atoms with Gasteiger partial charge in [0, 0.05) is 19.6 Å². The van der Waals surface area contributed by atoms with Crippen LogP contribution >= 0.6 is 0 Å². The molecule has 0 radical (unpaired) electrons. The van der Waals surface area contributed by atoms with E-state index >= 15 is 0 Å². The van der Waals surface area contributed by atoms with Gasteiger partial charge < -0.3 is 15.5 Å². The molecule has 3 rings (SSSR count). The summed E-state index contributed by atoms with van der Waals surface area (Å²) in [4.78, 5) is 26.9. The molecule has 1 aliphatic rings. The molecule has 0 unspecified atom stereocenters. The number of urea groups is 1. The summed E-state index contributed by atoms with van der Waals surface area (Å²) in [7, 11) is 0. The van der Waals surface area contributed by atoms with Gasteiger partial charge in [-0.15, -0.1) is 0 Å². The lowest BCUT2D eigenvalue weighted by atomic mass is 10.1. The van der Waals surface area contributed by atoms with Gasteiger partial charge in [-0.3, -0.25) is 4.79 Å². The quantitative estimate of drug-likeness (QED) is 0.844. The number of hydrogen-bond acceptors (Lipinski definition) is 2. The van der Waals surface area contributed by atoms with Crippen LogP contribution in [-0.4, -0.2) is 36.5 Å². The number of amides is 3. The fraction of sp³-hybridized carbons (Fsp3) is 0.333. The Balaban J connectivity index is 1.63. The predicted octanol–water partition coefficient (Wildman–Crippen LogP) is 3.73. The number of nitrogens with one attached hydrogen (secondary N) is 2. The van der Waals surface area contributed by atoms with Crippen molar-refractivity contribution >= 4 is 17.6 Å². The van der Waals surface area contributed by atoms with Gasteiger partial charge >= 0.3 is 6.03 Å². The molecule has 27 heavy (non-hydrogen) atoms. The van der Waals surface area contributed by atoms with E-state index in [-0.39, 0.29) is 11.7 Å². The topological polar surface area (TPSA) is 61.4 Å². The summed E-state index contributed by atoms with van der Waals surface area (Å²) in [5.74, 6) is -0.338. The van der Waals surface area contributed by atoms with Crippen molar-refractivity contribution in [2.24, 2.45) is 0 Å². The Morgan fingerprint density at radius 3 is 2.56 bits per heavy atom. The molecule has 0 atom stereocenters. The molecular weight excluding hydrogens is 345 g/mol. The number of aryl methyl sites for hydroxylation is 1. The smallest absolute Gasteiger partial charge is 0.319 e. The number of hydrogen-bond donors (Lipinski definition) is 2. The van der Waals surface area contributed by atoms with E-state index < -0.39 is 6.03 Å². The first kappa shape index (κ1) is 18.9. The van der Waals surface area contributed by atoms with Gasteiger partial charge in [-0.05, 0) is 49.4 Å². The lowest BCUT2D eigenvalue weighted by Crippen LogP contribution is -2.33. The molecule has 0 spiro atoms. The number of anilines is 1. The highest BCUT2D eigenvalue weighted by atomic mass is 19.1. The van der Waals surface area contributed by atoms with Crippen LogP contribution in [0.25, 0.3) is 0 Å². The van der Waals surface area contributed by atoms with Crippen molar-refractivity contribution in [2.75, 3.05) is 25.0 Å². The minimum atomic E-state index is -0.406. The maximum atomic E-state index is 13.6. The molecule has 1 fully saturated rings. The van der Waals surface area contributed by atoms with Gasteiger partial charge in [0.05, 0.1) is 11.3 Å². The van der Waals surface area contributed by atoms with Gasteiger partial charge in [-0.25, -0.2) is 9.18 Å².